The van der Waals surface area contributed by atoms with E-state index in [0.717, 1.165) is 0 Å². The number of benzene rings is 1. The van der Waals surface area contributed by atoms with E-state index in [9.17, 15) is 4.39 Å². The number of nitrogens with two attached hydrogens (primary N) is 1. The quantitative estimate of drug-likeness (QED) is 0.861. The lowest BCUT2D eigenvalue weighted by Gasteiger charge is -2.18. The van der Waals surface area contributed by atoms with Crippen molar-refractivity contribution in [3.63, 3.8) is 0 Å². The van der Waals surface area contributed by atoms with Gasteiger partial charge >= 0.3 is 0 Å². The molecule has 0 aliphatic rings. The van der Waals surface area contributed by atoms with Crippen molar-refractivity contribution in [1.82, 2.24) is 5.16 Å². The Hall–Kier alpha value is -1.62. The van der Waals surface area contributed by atoms with Crippen LogP contribution in [0.2, 0.25) is 0 Å². The molecule has 16 heavy (non-hydrogen) atoms. The Labute approximate surface area is 92.8 Å². The molecule has 0 amide bonds. The van der Waals surface area contributed by atoms with Crippen molar-refractivity contribution in [2.45, 2.75) is 13.0 Å². The molecule has 1 atom stereocenters. The highest BCUT2D eigenvalue weighted by atomic mass is 19.1. The number of fused-ring (bicyclic) bond motifs is 1. The summed E-state index contributed by atoms with van der Waals surface area (Å²) >= 11 is 0. The monoisotopic (exact) mass is 223 g/mol. The maximum atomic E-state index is 13.1. The molecule has 2 rings (SSSR count). The highest BCUT2D eigenvalue weighted by Crippen LogP contribution is 2.25. The molecule has 0 saturated heterocycles. The zero-order chi connectivity index (χ0) is 11.7. The number of hydrogen-bond donors (Lipinski definition) is 1. The van der Waals surface area contributed by atoms with Crippen molar-refractivity contribution < 1.29 is 8.91 Å². The van der Waals surface area contributed by atoms with Crippen LogP contribution < -0.4 is 10.6 Å². The van der Waals surface area contributed by atoms with Crippen LogP contribution in [0.25, 0.3) is 11.0 Å². The lowest BCUT2D eigenvalue weighted by molar-refractivity contribution is 0.455. The third-order valence-corrected chi connectivity index (χ3v) is 2.34. The summed E-state index contributed by atoms with van der Waals surface area (Å²) in [5.74, 6) is 0.318. The largest absolute Gasteiger partial charge is 0.355 e. The molecule has 4 nitrogen and oxygen atoms in total. The molecule has 1 heterocycles. The van der Waals surface area contributed by atoms with Crippen molar-refractivity contribution in [1.29, 1.82) is 0 Å². The average Bonchev–Trinajstić information content (AvgIpc) is 2.59. The smallest absolute Gasteiger partial charge is 0.179 e. The van der Waals surface area contributed by atoms with Crippen LogP contribution in [0.5, 0.6) is 0 Å². The average molecular weight is 223 g/mol. The number of nitrogens with zero attached hydrogens (tertiary/aromatic N) is 2. The molecule has 1 aromatic carbocycles. The lowest BCUT2D eigenvalue weighted by Crippen LogP contribution is -2.33. The van der Waals surface area contributed by atoms with E-state index in [0.29, 0.717) is 23.3 Å². The third-order valence-electron chi connectivity index (χ3n) is 2.34. The van der Waals surface area contributed by atoms with Gasteiger partial charge in [0, 0.05) is 19.6 Å². The SMILES string of the molecule is CC(N)CN(C)c1noc2ccc(F)cc12. The van der Waals surface area contributed by atoms with Crippen molar-refractivity contribution in [3.8, 4) is 0 Å². The van der Waals surface area contributed by atoms with Gasteiger partial charge in [-0.2, -0.15) is 0 Å². The molecule has 0 aliphatic heterocycles. The van der Waals surface area contributed by atoms with Crippen LogP contribution in [0, 0.1) is 5.82 Å². The van der Waals surface area contributed by atoms with Gasteiger partial charge in [0.05, 0.1) is 5.39 Å². The molecule has 2 N–H and O–H groups in total. The van der Waals surface area contributed by atoms with Gasteiger partial charge in [0.15, 0.2) is 11.4 Å². The van der Waals surface area contributed by atoms with Crippen LogP contribution in [0.4, 0.5) is 10.2 Å². The first-order chi connectivity index (χ1) is 7.58. The molecule has 0 aliphatic carbocycles. The zero-order valence-corrected chi connectivity index (χ0v) is 9.27. The fourth-order valence-corrected chi connectivity index (χ4v) is 1.69. The van der Waals surface area contributed by atoms with Crippen molar-refractivity contribution in [2.75, 3.05) is 18.5 Å². The van der Waals surface area contributed by atoms with Crippen molar-refractivity contribution in [2.24, 2.45) is 5.73 Å². The van der Waals surface area contributed by atoms with Gasteiger partial charge in [-0.15, -0.1) is 0 Å². The molecule has 1 unspecified atom stereocenters. The summed E-state index contributed by atoms with van der Waals surface area (Å²) in [5.41, 5.74) is 6.28. The van der Waals surface area contributed by atoms with Crippen molar-refractivity contribution in [3.05, 3.63) is 24.0 Å². The van der Waals surface area contributed by atoms with Gasteiger partial charge in [-0.1, -0.05) is 5.16 Å². The summed E-state index contributed by atoms with van der Waals surface area (Å²) in [6, 6.07) is 4.35. The molecule has 1 aromatic heterocycles. The molecular formula is C11H14FN3O. The van der Waals surface area contributed by atoms with E-state index in [-0.39, 0.29) is 11.9 Å². The molecule has 0 spiro atoms. The number of hydrogen-bond acceptors (Lipinski definition) is 4. The van der Waals surface area contributed by atoms with Crippen LogP contribution in [0.15, 0.2) is 22.7 Å². The Morgan fingerprint density at radius 1 is 1.56 bits per heavy atom. The number of anilines is 1. The van der Waals surface area contributed by atoms with Crippen LogP contribution in [-0.2, 0) is 0 Å². The number of rotatable bonds is 3. The van der Waals surface area contributed by atoms with E-state index >= 15 is 0 Å². The summed E-state index contributed by atoms with van der Waals surface area (Å²) in [5, 5.41) is 4.59. The molecular weight excluding hydrogens is 209 g/mol. The molecule has 0 saturated carbocycles. The molecule has 2 aromatic rings. The van der Waals surface area contributed by atoms with Crippen molar-refractivity contribution >= 4 is 16.8 Å². The topological polar surface area (TPSA) is 55.3 Å². The predicted molar refractivity (Wildman–Crippen MR) is 60.9 cm³/mol. The van der Waals surface area contributed by atoms with Gasteiger partial charge in [0.25, 0.3) is 0 Å². The molecule has 0 fully saturated rings. The highest BCUT2D eigenvalue weighted by molar-refractivity contribution is 5.88. The fraction of sp³-hybridized carbons (Fsp3) is 0.364. The van der Waals surface area contributed by atoms with E-state index in [1.54, 1.807) is 6.07 Å². The molecule has 86 valence electrons. The molecule has 0 radical (unpaired) electrons. The minimum atomic E-state index is -0.300. The summed E-state index contributed by atoms with van der Waals surface area (Å²) in [6.07, 6.45) is 0. The van der Waals surface area contributed by atoms with Gasteiger partial charge in [0.2, 0.25) is 0 Å². The first-order valence-corrected chi connectivity index (χ1v) is 5.09. The second-order valence-corrected chi connectivity index (χ2v) is 4.00. The normalized spacial score (nSPS) is 13.0. The summed E-state index contributed by atoms with van der Waals surface area (Å²) in [4.78, 5) is 1.86. The third kappa shape index (κ3) is 1.99. The van der Waals surface area contributed by atoms with E-state index in [1.165, 1.54) is 12.1 Å². The summed E-state index contributed by atoms with van der Waals surface area (Å²) in [7, 11) is 1.85. The van der Waals surface area contributed by atoms with Crippen LogP contribution in [-0.4, -0.2) is 24.8 Å². The zero-order valence-electron chi connectivity index (χ0n) is 9.27. The van der Waals surface area contributed by atoms with E-state index in [1.807, 2.05) is 18.9 Å². The minimum absolute atomic E-state index is 0.0188. The maximum Gasteiger partial charge on any atom is 0.179 e. The second-order valence-electron chi connectivity index (χ2n) is 4.00. The van der Waals surface area contributed by atoms with Gasteiger partial charge in [0.1, 0.15) is 5.82 Å². The highest BCUT2D eigenvalue weighted by Gasteiger charge is 2.13. The second kappa shape index (κ2) is 4.09. The lowest BCUT2D eigenvalue weighted by atomic mass is 10.2. The molecule has 5 heteroatoms. The first-order valence-electron chi connectivity index (χ1n) is 5.09. The summed E-state index contributed by atoms with van der Waals surface area (Å²) in [6.45, 7) is 2.54. The Morgan fingerprint density at radius 3 is 3.00 bits per heavy atom. The van der Waals surface area contributed by atoms with Crippen LogP contribution in [0.3, 0.4) is 0 Å². The van der Waals surface area contributed by atoms with E-state index < -0.39 is 0 Å². The number of aromatic nitrogens is 1. The minimum Gasteiger partial charge on any atom is -0.355 e. The predicted octanol–water partition coefficient (Wildman–Crippen LogP) is 1.75. The molecule has 0 bridgehead atoms. The number of halogens is 1. The van der Waals surface area contributed by atoms with E-state index in [2.05, 4.69) is 5.16 Å². The number of likely N-dealkylation sites (N-methyl/N-ethyl adjacent to an activating group) is 1. The Kier molecular flexibility index (Phi) is 2.78. The van der Waals surface area contributed by atoms with Crippen LogP contribution in [0.1, 0.15) is 6.92 Å². The summed E-state index contributed by atoms with van der Waals surface area (Å²) < 4.78 is 18.2. The standard InChI is InChI=1S/C11H14FN3O/c1-7(13)6-15(2)11-9-5-8(12)3-4-10(9)16-14-11/h3-5,7H,6,13H2,1-2H3. The first kappa shape index (κ1) is 10.9. The van der Waals surface area contributed by atoms with Gasteiger partial charge < -0.3 is 15.2 Å². The Bertz CT molecular complexity index is 495. The van der Waals surface area contributed by atoms with Gasteiger partial charge in [-0.05, 0) is 25.1 Å². The van der Waals surface area contributed by atoms with Gasteiger partial charge in [-0.25, -0.2) is 4.39 Å². The fourth-order valence-electron chi connectivity index (χ4n) is 1.69. The van der Waals surface area contributed by atoms with Crippen LogP contribution >= 0.6 is 0 Å². The maximum absolute atomic E-state index is 13.1. The Balaban J connectivity index is 2.40. The Morgan fingerprint density at radius 2 is 2.31 bits per heavy atom. The van der Waals surface area contributed by atoms with Gasteiger partial charge in [-0.3, -0.25) is 0 Å². The van der Waals surface area contributed by atoms with E-state index in [4.69, 9.17) is 10.3 Å².